The van der Waals surface area contributed by atoms with Crippen LogP contribution in [0.4, 0.5) is 18.9 Å². The standard InChI is InChI=1S/C15H12F3N/c1-11(19-14-5-3-2-4-6-14)12-7-9-13(10-8-12)15(16,17)18/h2-10H,1H3. The molecule has 98 valence electrons. The summed E-state index contributed by atoms with van der Waals surface area (Å²) in [6, 6.07) is 14.3. The number of halogens is 3. The SMILES string of the molecule is CC(=Nc1ccccc1)c1ccc(C(F)(F)F)cc1. The van der Waals surface area contributed by atoms with Crippen molar-refractivity contribution in [2.75, 3.05) is 0 Å². The third-order valence-corrected chi connectivity index (χ3v) is 2.68. The number of rotatable bonds is 2. The number of hydrogen-bond donors (Lipinski definition) is 0. The number of alkyl halides is 3. The minimum absolute atomic E-state index is 0.649. The van der Waals surface area contributed by atoms with Crippen LogP contribution in [0.15, 0.2) is 59.6 Å². The Morgan fingerprint density at radius 3 is 2.00 bits per heavy atom. The first kappa shape index (κ1) is 13.3. The first-order valence-corrected chi connectivity index (χ1v) is 5.75. The van der Waals surface area contributed by atoms with E-state index in [-0.39, 0.29) is 0 Å². The maximum Gasteiger partial charge on any atom is 0.416 e. The molecule has 0 aliphatic heterocycles. The maximum absolute atomic E-state index is 12.4. The van der Waals surface area contributed by atoms with Gasteiger partial charge < -0.3 is 0 Å². The molecule has 0 N–H and O–H groups in total. The highest BCUT2D eigenvalue weighted by atomic mass is 19.4. The van der Waals surface area contributed by atoms with Gasteiger partial charge >= 0.3 is 6.18 Å². The zero-order chi connectivity index (χ0) is 13.9. The van der Waals surface area contributed by atoms with E-state index in [0.29, 0.717) is 11.3 Å². The van der Waals surface area contributed by atoms with Gasteiger partial charge in [-0.25, -0.2) is 0 Å². The van der Waals surface area contributed by atoms with Crippen molar-refractivity contribution in [1.29, 1.82) is 0 Å². The fourth-order valence-corrected chi connectivity index (χ4v) is 1.66. The predicted molar refractivity (Wildman–Crippen MR) is 69.8 cm³/mol. The molecule has 0 radical (unpaired) electrons. The Balaban J connectivity index is 2.25. The molecule has 4 heteroatoms. The van der Waals surface area contributed by atoms with E-state index in [2.05, 4.69) is 4.99 Å². The molecule has 0 bridgehead atoms. The second-order valence-electron chi connectivity index (χ2n) is 4.11. The largest absolute Gasteiger partial charge is 0.416 e. The summed E-state index contributed by atoms with van der Waals surface area (Å²) in [6.07, 6.45) is -4.30. The molecule has 0 unspecified atom stereocenters. The van der Waals surface area contributed by atoms with Crippen molar-refractivity contribution < 1.29 is 13.2 Å². The summed E-state index contributed by atoms with van der Waals surface area (Å²) >= 11 is 0. The minimum Gasteiger partial charge on any atom is -0.253 e. The van der Waals surface area contributed by atoms with Crippen molar-refractivity contribution in [3.8, 4) is 0 Å². The Bertz CT molecular complexity index is 569. The van der Waals surface area contributed by atoms with Gasteiger partial charge in [-0.15, -0.1) is 0 Å². The Kier molecular flexibility index (Phi) is 3.69. The average molecular weight is 263 g/mol. The summed E-state index contributed by atoms with van der Waals surface area (Å²) < 4.78 is 37.3. The third-order valence-electron chi connectivity index (χ3n) is 2.68. The molecule has 0 saturated carbocycles. The van der Waals surface area contributed by atoms with Crippen LogP contribution in [0.3, 0.4) is 0 Å². The summed E-state index contributed by atoms with van der Waals surface area (Å²) in [4.78, 5) is 4.36. The molecule has 2 aromatic carbocycles. The lowest BCUT2D eigenvalue weighted by Gasteiger charge is -2.07. The van der Waals surface area contributed by atoms with Gasteiger partial charge in [0.05, 0.1) is 11.3 Å². The first-order valence-electron chi connectivity index (χ1n) is 5.75. The quantitative estimate of drug-likeness (QED) is 0.687. The number of nitrogens with zero attached hydrogens (tertiary/aromatic N) is 1. The van der Waals surface area contributed by atoms with E-state index >= 15 is 0 Å². The molecule has 2 aromatic rings. The second-order valence-corrected chi connectivity index (χ2v) is 4.11. The second kappa shape index (κ2) is 5.26. The van der Waals surface area contributed by atoms with Gasteiger partial charge in [0, 0.05) is 5.71 Å². The molecule has 2 rings (SSSR count). The van der Waals surface area contributed by atoms with Crippen LogP contribution in [0, 0.1) is 0 Å². The van der Waals surface area contributed by atoms with Crippen LogP contribution in [0.1, 0.15) is 18.1 Å². The van der Waals surface area contributed by atoms with Gasteiger partial charge in [0.2, 0.25) is 0 Å². The lowest BCUT2D eigenvalue weighted by atomic mass is 10.1. The summed E-state index contributed by atoms with van der Waals surface area (Å²) in [7, 11) is 0. The number of para-hydroxylation sites is 1. The van der Waals surface area contributed by atoms with Crippen LogP contribution >= 0.6 is 0 Å². The summed E-state index contributed by atoms with van der Waals surface area (Å²) in [5.74, 6) is 0. The van der Waals surface area contributed by atoms with E-state index in [1.54, 1.807) is 6.92 Å². The molecule has 0 aliphatic carbocycles. The van der Waals surface area contributed by atoms with Crippen molar-refractivity contribution in [2.45, 2.75) is 13.1 Å². The predicted octanol–water partition coefficient (Wildman–Crippen LogP) is 4.85. The Hall–Kier alpha value is -2.10. The Morgan fingerprint density at radius 1 is 0.895 bits per heavy atom. The number of benzene rings is 2. The van der Waals surface area contributed by atoms with Gasteiger partial charge in [0.1, 0.15) is 0 Å². The lowest BCUT2D eigenvalue weighted by molar-refractivity contribution is -0.137. The van der Waals surface area contributed by atoms with Gasteiger partial charge in [0.15, 0.2) is 0 Å². The summed E-state index contributed by atoms with van der Waals surface area (Å²) in [5, 5.41) is 0. The molecule has 0 amide bonds. The van der Waals surface area contributed by atoms with Gasteiger partial charge in [-0.3, -0.25) is 4.99 Å². The molecule has 0 saturated heterocycles. The zero-order valence-corrected chi connectivity index (χ0v) is 10.3. The molecule has 0 aromatic heterocycles. The minimum atomic E-state index is -4.30. The molecule has 0 fully saturated rings. The average Bonchev–Trinajstić information content (AvgIpc) is 2.39. The van der Waals surface area contributed by atoms with Gasteiger partial charge in [0.25, 0.3) is 0 Å². The fourth-order valence-electron chi connectivity index (χ4n) is 1.66. The van der Waals surface area contributed by atoms with E-state index in [0.717, 1.165) is 17.8 Å². The van der Waals surface area contributed by atoms with Crippen molar-refractivity contribution >= 4 is 11.4 Å². The maximum atomic E-state index is 12.4. The molecule has 0 atom stereocenters. The molecule has 1 nitrogen and oxygen atoms in total. The van der Waals surface area contributed by atoms with Crippen molar-refractivity contribution in [3.05, 3.63) is 65.7 Å². The normalized spacial score (nSPS) is 12.5. The van der Waals surface area contributed by atoms with E-state index < -0.39 is 11.7 Å². The highest BCUT2D eigenvalue weighted by molar-refractivity contribution is 6.00. The summed E-state index contributed by atoms with van der Waals surface area (Å²) in [5.41, 5.74) is 1.49. The van der Waals surface area contributed by atoms with Crippen LogP contribution < -0.4 is 0 Å². The van der Waals surface area contributed by atoms with E-state index in [9.17, 15) is 13.2 Å². The van der Waals surface area contributed by atoms with Crippen molar-refractivity contribution in [2.24, 2.45) is 4.99 Å². The first-order chi connectivity index (χ1) is 8.97. The highest BCUT2D eigenvalue weighted by Gasteiger charge is 2.29. The molecular formula is C15H12F3N. The molecule has 0 heterocycles. The Morgan fingerprint density at radius 2 is 1.47 bits per heavy atom. The van der Waals surface area contributed by atoms with E-state index in [4.69, 9.17) is 0 Å². The fraction of sp³-hybridized carbons (Fsp3) is 0.133. The van der Waals surface area contributed by atoms with Crippen molar-refractivity contribution in [1.82, 2.24) is 0 Å². The van der Waals surface area contributed by atoms with Crippen LogP contribution in [0.25, 0.3) is 0 Å². The molecule has 0 spiro atoms. The van der Waals surface area contributed by atoms with Gasteiger partial charge in [-0.05, 0) is 36.8 Å². The molecule has 19 heavy (non-hydrogen) atoms. The van der Waals surface area contributed by atoms with Crippen LogP contribution in [-0.2, 0) is 6.18 Å². The van der Waals surface area contributed by atoms with E-state index in [1.807, 2.05) is 30.3 Å². The lowest BCUT2D eigenvalue weighted by Crippen LogP contribution is -2.05. The number of hydrogen-bond acceptors (Lipinski definition) is 1. The van der Waals surface area contributed by atoms with Crippen molar-refractivity contribution in [3.63, 3.8) is 0 Å². The van der Waals surface area contributed by atoms with Crippen LogP contribution in [0.2, 0.25) is 0 Å². The van der Waals surface area contributed by atoms with Crippen LogP contribution in [0.5, 0.6) is 0 Å². The van der Waals surface area contributed by atoms with Crippen LogP contribution in [-0.4, -0.2) is 5.71 Å². The Labute approximate surface area is 109 Å². The van der Waals surface area contributed by atoms with Gasteiger partial charge in [-0.1, -0.05) is 30.3 Å². The van der Waals surface area contributed by atoms with E-state index in [1.165, 1.54) is 12.1 Å². The molecular weight excluding hydrogens is 251 g/mol. The topological polar surface area (TPSA) is 12.4 Å². The zero-order valence-electron chi connectivity index (χ0n) is 10.3. The third kappa shape index (κ3) is 3.44. The number of aliphatic imine (C=N–C) groups is 1. The summed E-state index contributed by atoms with van der Waals surface area (Å²) in [6.45, 7) is 1.77. The van der Waals surface area contributed by atoms with Gasteiger partial charge in [-0.2, -0.15) is 13.2 Å². The molecule has 0 aliphatic rings. The smallest absolute Gasteiger partial charge is 0.253 e. The monoisotopic (exact) mass is 263 g/mol. The highest BCUT2D eigenvalue weighted by Crippen LogP contribution is 2.29.